The van der Waals surface area contributed by atoms with E-state index in [1.165, 1.54) is 16.7 Å². The van der Waals surface area contributed by atoms with E-state index in [4.69, 9.17) is 5.73 Å². The number of aliphatic carboxylic acids is 1. The Bertz CT molecular complexity index is 754. The number of carbonyl (C=O) groups excluding carboxylic acids is 3. The minimum atomic E-state index is -1.15. The fourth-order valence-electron chi connectivity index (χ4n) is 4.19. The molecule has 3 amide bonds. The topological polar surface area (TPSA) is 162 Å². The van der Waals surface area contributed by atoms with Gasteiger partial charge >= 0.3 is 17.8 Å². The summed E-state index contributed by atoms with van der Waals surface area (Å²) >= 11 is 1.42. The van der Waals surface area contributed by atoms with Gasteiger partial charge in [-0.3, -0.25) is 14.4 Å². The van der Waals surface area contributed by atoms with Gasteiger partial charge in [-0.15, -0.1) is 11.8 Å². The van der Waals surface area contributed by atoms with Gasteiger partial charge in [0.2, 0.25) is 5.91 Å². The van der Waals surface area contributed by atoms with E-state index in [-0.39, 0.29) is 41.4 Å². The molecule has 0 radical (unpaired) electrons. The van der Waals surface area contributed by atoms with Crippen LogP contribution in [-0.2, 0) is 19.2 Å². The van der Waals surface area contributed by atoms with E-state index in [0.29, 0.717) is 17.9 Å². The normalized spacial score (nSPS) is 32.8. The number of amides is 3. The van der Waals surface area contributed by atoms with Gasteiger partial charge in [-0.05, 0) is 13.3 Å². The van der Waals surface area contributed by atoms with Gasteiger partial charge < -0.3 is 31.5 Å². The van der Waals surface area contributed by atoms with Crippen molar-refractivity contribution in [2.24, 2.45) is 17.6 Å². The third-order valence-electron chi connectivity index (χ3n) is 5.52. The highest BCUT2D eigenvalue weighted by atomic mass is 32.2. The van der Waals surface area contributed by atoms with E-state index >= 15 is 0 Å². The fourth-order valence-corrected chi connectivity index (χ4v) is 5.71. The maximum atomic E-state index is 12.4. The Labute approximate surface area is 165 Å². The van der Waals surface area contributed by atoms with Gasteiger partial charge in [0.1, 0.15) is 5.70 Å². The number of fused-ring (bicyclic) bond motifs is 1. The summed E-state index contributed by atoms with van der Waals surface area (Å²) in [6.07, 6.45) is -0.173. The number of nitrogens with one attached hydrogen (secondary N) is 2. The van der Waals surface area contributed by atoms with E-state index in [1.807, 2.05) is 6.92 Å². The van der Waals surface area contributed by atoms with Crippen LogP contribution in [0.4, 0.5) is 0 Å². The van der Waals surface area contributed by atoms with Crippen molar-refractivity contribution >= 4 is 35.5 Å². The van der Waals surface area contributed by atoms with Crippen molar-refractivity contribution in [3.63, 3.8) is 0 Å². The number of nitrogens with two attached hydrogens (primary N) is 1. The maximum Gasteiger partial charge on any atom is 0.353 e. The largest absolute Gasteiger partial charge is 0.477 e. The van der Waals surface area contributed by atoms with Crippen LogP contribution in [-0.4, -0.2) is 75.3 Å². The lowest BCUT2D eigenvalue weighted by Crippen LogP contribution is -2.63. The number of carboxylic acids is 1. The summed E-state index contributed by atoms with van der Waals surface area (Å²) in [7, 11) is 0. The van der Waals surface area contributed by atoms with Crippen molar-refractivity contribution in [3.8, 4) is 0 Å². The molecule has 11 heteroatoms. The SMILES string of the molecule is C[C@@H](O)[C@H]1C(=O)N2C(C(=O)O)=C(S[C@@H]3CN[C@H](CNC(=O)C(N)=O)C3)[C@H](C)[C@H]12. The first-order valence-electron chi connectivity index (χ1n) is 9.09. The van der Waals surface area contributed by atoms with Crippen LogP contribution in [0.25, 0.3) is 0 Å². The molecule has 0 aromatic rings. The van der Waals surface area contributed by atoms with Crippen molar-refractivity contribution in [1.29, 1.82) is 0 Å². The molecular formula is C17H24N4O6S. The molecule has 28 heavy (non-hydrogen) atoms. The number of aliphatic hydroxyl groups is 1. The molecule has 3 aliphatic rings. The summed E-state index contributed by atoms with van der Waals surface area (Å²) < 4.78 is 0. The maximum absolute atomic E-state index is 12.4. The third-order valence-corrected chi connectivity index (χ3v) is 7.03. The second kappa shape index (κ2) is 7.72. The summed E-state index contributed by atoms with van der Waals surface area (Å²) in [5.74, 6) is -4.14. The Balaban J connectivity index is 1.67. The fraction of sp³-hybridized carbons (Fsp3) is 0.647. The molecule has 0 unspecified atom stereocenters. The van der Waals surface area contributed by atoms with E-state index in [1.54, 1.807) is 6.92 Å². The van der Waals surface area contributed by atoms with E-state index in [2.05, 4.69) is 10.6 Å². The van der Waals surface area contributed by atoms with Crippen LogP contribution in [0.2, 0.25) is 0 Å². The summed E-state index contributed by atoms with van der Waals surface area (Å²) in [4.78, 5) is 48.2. The number of carboxylic acid groups (broad SMARTS) is 1. The lowest BCUT2D eigenvalue weighted by molar-refractivity contribution is -0.163. The highest BCUT2D eigenvalue weighted by molar-refractivity contribution is 8.03. The van der Waals surface area contributed by atoms with Gasteiger partial charge in [0.15, 0.2) is 0 Å². The van der Waals surface area contributed by atoms with Crippen molar-refractivity contribution in [2.45, 2.75) is 43.7 Å². The zero-order valence-corrected chi connectivity index (χ0v) is 16.4. The smallest absolute Gasteiger partial charge is 0.353 e. The molecule has 3 rings (SSSR count). The first kappa shape index (κ1) is 20.6. The van der Waals surface area contributed by atoms with Crippen LogP contribution in [0, 0.1) is 11.8 Å². The van der Waals surface area contributed by atoms with Crippen LogP contribution < -0.4 is 16.4 Å². The first-order valence-corrected chi connectivity index (χ1v) is 9.97. The molecule has 6 atom stereocenters. The Hall–Kier alpha value is -2.11. The molecule has 154 valence electrons. The van der Waals surface area contributed by atoms with Gasteiger partial charge in [-0.25, -0.2) is 4.79 Å². The average molecular weight is 412 g/mol. The second-order valence-electron chi connectivity index (χ2n) is 7.43. The molecule has 2 saturated heterocycles. The van der Waals surface area contributed by atoms with Gasteiger partial charge in [-0.2, -0.15) is 0 Å². The number of rotatable bonds is 6. The predicted octanol–water partition coefficient (Wildman–Crippen LogP) is -1.79. The third kappa shape index (κ3) is 3.49. The van der Waals surface area contributed by atoms with Gasteiger partial charge in [-0.1, -0.05) is 6.92 Å². The van der Waals surface area contributed by atoms with Crippen LogP contribution in [0.15, 0.2) is 10.6 Å². The summed E-state index contributed by atoms with van der Waals surface area (Å²) in [6, 6.07) is -0.392. The Morgan fingerprint density at radius 2 is 2.11 bits per heavy atom. The van der Waals surface area contributed by atoms with Gasteiger partial charge in [0.25, 0.3) is 0 Å². The monoisotopic (exact) mass is 412 g/mol. The van der Waals surface area contributed by atoms with Crippen LogP contribution in [0.3, 0.4) is 0 Å². The highest BCUT2D eigenvalue weighted by Gasteiger charge is 2.60. The molecule has 0 aromatic heterocycles. The first-order chi connectivity index (χ1) is 13.1. The predicted molar refractivity (Wildman–Crippen MR) is 99.6 cm³/mol. The zero-order valence-electron chi connectivity index (χ0n) is 15.5. The van der Waals surface area contributed by atoms with E-state index in [9.17, 15) is 29.4 Å². The summed E-state index contributed by atoms with van der Waals surface area (Å²) in [6.45, 7) is 4.27. The Morgan fingerprint density at radius 1 is 1.43 bits per heavy atom. The Morgan fingerprint density at radius 3 is 2.68 bits per heavy atom. The van der Waals surface area contributed by atoms with Crippen LogP contribution in [0.5, 0.6) is 0 Å². The average Bonchev–Trinajstić information content (AvgIpc) is 3.14. The highest BCUT2D eigenvalue weighted by Crippen LogP contribution is 2.51. The molecule has 10 nitrogen and oxygen atoms in total. The molecule has 0 spiro atoms. The number of hydrogen-bond acceptors (Lipinski definition) is 7. The van der Waals surface area contributed by atoms with Crippen molar-refractivity contribution in [1.82, 2.24) is 15.5 Å². The molecular weight excluding hydrogens is 388 g/mol. The standard InChI is InChI=1S/C17H24N4O6S/c1-6-11-10(7(2)22)16(25)21(11)12(17(26)27)13(6)28-9-3-8(19-5-9)4-20-15(24)14(18)23/h6-11,19,22H,3-5H2,1-2H3,(H2,18,23)(H,20,24)(H,26,27)/t6-,7-,8+,9+,10-,11-/m1/s1. The summed E-state index contributed by atoms with van der Waals surface area (Å²) in [5, 5.41) is 25.3. The van der Waals surface area contributed by atoms with E-state index in [0.717, 1.165) is 0 Å². The van der Waals surface area contributed by atoms with Crippen molar-refractivity contribution < 1.29 is 29.4 Å². The quantitative estimate of drug-likeness (QED) is 0.252. The second-order valence-corrected chi connectivity index (χ2v) is 8.77. The van der Waals surface area contributed by atoms with Crippen LogP contribution in [0.1, 0.15) is 20.3 Å². The lowest BCUT2D eigenvalue weighted by Gasteiger charge is -2.46. The van der Waals surface area contributed by atoms with Crippen LogP contribution >= 0.6 is 11.8 Å². The Kier molecular flexibility index (Phi) is 5.69. The molecule has 6 N–H and O–H groups in total. The molecule has 0 aromatic carbocycles. The van der Waals surface area contributed by atoms with E-state index < -0.39 is 29.8 Å². The number of β-lactam (4-membered cyclic amide) rings is 1. The van der Waals surface area contributed by atoms with Crippen molar-refractivity contribution in [2.75, 3.05) is 13.1 Å². The number of primary amides is 1. The number of carbonyl (C=O) groups is 4. The molecule has 0 aliphatic carbocycles. The molecule has 2 fully saturated rings. The van der Waals surface area contributed by atoms with Gasteiger partial charge in [0.05, 0.1) is 18.1 Å². The zero-order chi connectivity index (χ0) is 20.7. The minimum Gasteiger partial charge on any atom is -0.477 e. The number of nitrogens with zero attached hydrogens (tertiary/aromatic N) is 1. The molecule has 3 aliphatic heterocycles. The lowest BCUT2D eigenvalue weighted by atomic mass is 9.79. The molecule has 0 saturated carbocycles. The number of thioether (sulfide) groups is 1. The van der Waals surface area contributed by atoms with Crippen molar-refractivity contribution in [3.05, 3.63) is 10.6 Å². The minimum absolute atomic E-state index is 0.00915. The summed E-state index contributed by atoms with van der Waals surface area (Å²) in [5.41, 5.74) is 4.91. The number of hydrogen-bond donors (Lipinski definition) is 5. The number of aliphatic hydroxyl groups excluding tert-OH is 1. The van der Waals surface area contributed by atoms with Gasteiger partial charge in [0, 0.05) is 35.2 Å². The molecule has 3 heterocycles. The molecule has 0 bridgehead atoms.